The summed E-state index contributed by atoms with van der Waals surface area (Å²) < 4.78 is 11.0. The zero-order chi connectivity index (χ0) is 14.1. The second-order valence-electron chi connectivity index (χ2n) is 4.75. The number of ether oxygens (including phenoxy) is 2. The number of aromatic carboxylic acids is 1. The number of hydrogen-bond acceptors (Lipinski definition) is 3. The topological polar surface area (TPSA) is 55.8 Å². The van der Waals surface area contributed by atoms with Gasteiger partial charge in [-0.2, -0.15) is 0 Å². The van der Waals surface area contributed by atoms with E-state index in [0.29, 0.717) is 19.0 Å². The van der Waals surface area contributed by atoms with Crippen LogP contribution in [0.3, 0.4) is 0 Å². The van der Waals surface area contributed by atoms with Crippen LogP contribution in [0.4, 0.5) is 0 Å². The van der Waals surface area contributed by atoms with Gasteiger partial charge in [0.05, 0.1) is 5.56 Å². The number of benzene rings is 2. The number of carboxylic acid groups (broad SMARTS) is 1. The van der Waals surface area contributed by atoms with Gasteiger partial charge in [0.1, 0.15) is 13.2 Å². The zero-order valence-corrected chi connectivity index (χ0v) is 11.1. The summed E-state index contributed by atoms with van der Waals surface area (Å²) in [5.41, 5.74) is 2.98. The van der Waals surface area contributed by atoms with E-state index in [4.69, 9.17) is 14.6 Å². The maximum atomic E-state index is 11.1. The highest BCUT2D eigenvalue weighted by Crippen LogP contribution is 2.35. The largest absolute Gasteiger partial charge is 0.486 e. The number of hydrogen-bond donors (Lipinski definition) is 1. The van der Waals surface area contributed by atoms with Crippen LogP contribution in [0.15, 0.2) is 36.4 Å². The van der Waals surface area contributed by atoms with Crippen LogP contribution >= 0.6 is 0 Å². The molecule has 0 saturated carbocycles. The summed E-state index contributed by atoms with van der Waals surface area (Å²) in [5.74, 6) is 0.505. The van der Waals surface area contributed by atoms with E-state index in [1.54, 1.807) is 12.1 Å². The first kappa shape index (κ1) is 12.5. The first-order valence-electron chi connectivity index (χ1n) is 6.38. The predicted molar refractivity (Wildman–Crippen MR) is 74.6 cm³/mol. The van der Waals surface area contributed by atoms with E-state index in [1.165, 1.54) is 0 Å². The Morgan fingerprint density at radius 1 is 1.00 bits per heavy atom. The first-order valence-corrected chi connectivity index (χ1v) is 6.38. The molecule has 0 aliphatic carbocycles. The van der Waals surface area contributed by atoms with Crippen molar-refractivity contribution in [1.82, 2.24) is 0 Å². The van der Waals surface area contributed by atoms with Crippen LogP contribution in [-0.4, -0.2) is 24.3 Å². The summed E-state index contributed by atoms with van der Waals surface area (Å²) in [5, 5.41) is 9.13. The fourth-order valence-corrected chi connectivity index (χ4v) is 2.30. The van der Waals surface area contributed by atoms with Crippen molar-refractivity contribution in [3.63, 3.8) is 0 Å². The molecule has 2 aromatic rings. The van der Waals surface area contributed by atoms with Crippen molar-refractivity contribution in [2.24, 2.45) is 0 Å². The Bertz CT molecular complexity index is 676. The summed E-state index contributed by atoms with van der Waals surface area (Å²) in [6.07, 6.45) is 0. The number of rotatable bonds is 2. The Hall–Kier alpha value is -2.49. The number of fused-ring (bicyclic) bond motifs is 1. The number of carbonyl (C=O) groups is 1. The van der Waals surface area contributed by atoms with Gasteiger partial charge < -0.3 is 14.6 Å². The lowest BCUT2D eigenvalue weighted by Gasteiger charge is -2.19. The smallest absolute Gasteiger partial charge is 0.335 e. The molecule has 20 heavy (non-hydrogen) atoms. The molecule has 0 unspecified atom stereocenters. The monoisotopic (exact) mass is 270 g/mol. The van der Waals surface area contributed by atoms with Crippen molar-refractivity contribution in [3.8, 4) is 22.6 Å². The van der Waals surface area contributed by atoms with Crippen LogP contribution in [-0.2, 0) is 0 Å². The first-order chi connectivity index (χ1) is 9.63. The molecule has 0 radical (unpaired) electrons. The molecule has 102 valence electrons. The van der Waals surface area contributed by atoms with E-state index in [1.807, 2.05) is 31.2 Å². The molecular formula is C16H14O4. The summed E-state index contributed by atoms with van der Waals surface area (Å²) in [6, 6.07) is 10.9. The van der Waals surface area contributed by atoms with Crippen LogP contribution in [0.25, 0.3) is 11.1 Å². The molecular weight excluding hydrogens is 256 g/mol. The van der Waals surface area contributed by atoms with Crippen molar-refractivity contribution in [2.45, 2.75) is 6.92 Å². The summed E-state index contributed by atoms with van der Waals surface area (Å²) >= 11 is 0. The Balaban J connectivity index is 2.06. The van der Waals surface area contributed by atoms with Gasteiger partial charge in [0.15, 0.2) is 11.5 Å². The van der Waals surface area contributed by atoms with Gasteiger partial charge in [-0.1, -0.05) is 12.1 Å². The molecule has 1 aliphatic heterocycles. The van der Waals surface area contributed by atoms with Crippen molar-refractivity contribution in [2.75, 3.05) is 13.2 Å². The Morgan fingerprint density at radius 3 is 2.50 bits per heavy atom. The van der Waals surface area contributed by atoms with E-state index in [2.05, 4.69) is 0 Å². The average Bonchev–Trinajstić information content (AvgIpc) is 2.46. The van der Waals surface area contributed by atoms with Gasteiger partial charge >= 0.3 is 5.97 Å². The minimum absolute atomic E-state index is 0.287. The molecule has 2 aromatic carbocycles. The molecule has 1 N–H and O–H groups in total. The van der Waals surface area contributed by atoms with Gasteiger partial charge in [-0.15, -0.1) is 0 Å². The van der Waals surface area contributed by atoms with E-state index >= 15 is 0 Å². The summed E-state index contributed by atoms with van der Waals surface area (Å²) in [7, 11) is 0. The van der Waals surface area contributed by atoms with Gasteiger partial charge in [-0.3, -0.25) is 0 Å². The summed E-state index contributed by atoms with van der Waals surface area (Å²) in [6.45, 7) is 2.97. The molecule has 0 aromatic heterocycles. The van der Waals surface area contributed by atoms with Crippen molar-refractivity contribution in [3.05, 3.63) is 47.5 Å². The number of aryl methyl sites for hydroxylation is 1. The molecule has 4 heteroatoms. The molecule has 0 bridgehead atoms. The minimum Gasteiger partial charge on any atom is -0.486 e. The predicted octanol–water partition coefficient (Wildman–Crippen LogP) is 3.13. The molecule has 3 rings (SSSR count). The third-order valence-electron chi connectivity index (χ3n) is 3.20. The summed E-state index contributed by atoms with van der Waals surface area (Å²) in [4.78, 5) is 11.1. The van der Waals surface area contributed by atoms with Gasteiger partial charge in [0.25, 0.3) is 0 Å². The van der Waals surface area contributed by atoms with Crippen LogP contribution in [0.1, 0.15) is 15.9 Å². The molecule has 4 nitrogen and oxygen atoms in total. The quantitative estimate of drug-likeness (QED) is 0.910. The van der Waals surface area contributed by atoms with E-state index in [-0.39, 0.29) is 5.56 Å². The van der Waals surface area contributed by atoms with Crippen molar-refractivity contribution < 1.29 is 19.4 Å². The zero-order valence-electron chi connectivity index (χ0n) is 11.1. The van der Waals surface area contributed by atoms with E-state index < -0.39 is 5.97 Å². The van der Waals surface area contributed by atoms with Crippen LogP contribution in [0.5, 0.6) is 11.5 Å². The van der Waals surface area contributed by atoms with Gasteiger partial charge in [-0.05, 0) is 47.9 Å². The molecule has 0 saturated heterocycles. The molecule has 1 aliphatic rings. The minimum atomic E-state index is -0.924. The van der Waals surface area contributed by atoms with Crippen molar-refractivity contribution >= 4 is 5.97 Å². The Kier molecular flexibility index (Phi) is 3.06. The lowest BCUT2D eigenvalue weighted by atomic mass is 10.00. The van der Waals surface area contributed by atoms with Crippen molar-refractivity contribution in [1.29, 1.82) is 0 Å². The molecule has 0 atom stereocenters. The highest BCUT2D eigenvalue weighted by atomic mass is 16.6. The normalized spacial score (nSPS) is 13.1. The standard InChI is InChI=1S/C16H14O4/c1-10-6-12(8-13(7-10)16(17)18)11-2-3-14-15(9-11)20-5-4-19-14/h2-3,6-9H,4-5H2,1H3,(H,17,18). The molecule has 1 heterocycles. The van der Waals surface area contributed by atoms with Gasteiger partial charge in [-0.25, -0.2) is 4.79 Å². The van der Waals surface area contributed by atoms with Gasteiger partial charge in [0.2, 0.25) is 0 Å². The average molecular weight is 270 g/mol. The van der Waals surface area contributed by atoms with E-state index in [0.717, 1.165) is 22.4 Å². The molecule has 0 fully saturated rings. The fourth-order valence-electron chi connectivity index (χ4n) is 2.30. The lowest BCUT2D eigenvalue weighted by molar-refractivity contribution is 0.0697. The molecule has 0 spiro atoms. The molecule has 0 amide bonds. The van der Waals surface area contributed by atoms with Crippen LogP contribution < -0.4 is 9.47 Å². The Labute approximate surface area is 116 Å². The fraction of sp³-hybridized carbons (Fsp3) is 0.188. The maximum Gasteiger partial charge on any atom is 0.335 e. The van der Waals surface area contributed by atoms with Crippen LogP contribution in [0.2, 0.25) is 0 Å². The lowest BCUT2D eigenvalue weighted by Crippen LogP contribution is -2.15. The third kappa shape index (κ3) is 2.32. The second-order valence-corrected chi connectivity index (χ2v) is 4.75. The third-order valence-corrected chi connectivity index (χ3v) is 3.20. The maximum absolute atomic E-state index is 11.1. The SMILES string of the molecule is Cc1cc(C(=O)O)cc(-c2ccc3c(c2)OCCO3)c1. The second kappa shape index (κ2) is 4.89. The van der Waals surface area contributed by atoms with E-state index in [9.17, 15) is 4.79 Å². The number of carboxylic acids is 1. The highest BCUT2D eigenvalue weighted by Gasteiger charge is 2.13. The van der Waals surface area contributed by atoms with Crippen LogP contribution in [0, 0.1) is 6.92 Å². The Morgan fingerprint density at radius 2 is 1.75 bits per heavy atom. The van der Waals surface area contributed by atoms with Gasteiger partial charge in [0, 0.05) is 0 Å². The highest BCUT2D eigenvalue weighted by molar-refractivity contribution is 5.90.